The summed E-state index contributed by atoms with van der Waals surface area (Å²) in [4.78, 5) is 13.0. The maximum absolute atomic E-state index is 13.2. The third kappa shape index (κ3) is 5.13. The number of aryl methyl sites for hydroxylation is 2. The van der Waals surface area contributed by atoms with Crippen LogP contribution >= 0.6 is 0 Å². The first kappa shape index (κ1) is 22.8. The van der Waals surface area contributed by atoms with Crippen LogP contribution in [-0.4, -0.2) is 5.91 Å². The van der Waals surface area contributed by atoms with E-state index in [1.807, 2.05) is 74.5 Å². The second-order valence-corrected chi connectivity index (χ2v) is 8.06. The molecule has 0 aliphatic carbocycles. The van der Waals surface area contributed by atoms with E-state index in [9.17, 15) is 14.4 Å². The van der Waals surface area contributed by atoms with E-state index in [2.05, 4.69) is 5.32 Å². The van der Waals surface area contributed by atoms with Crippen LogP contribution in [0.3, 0.4) is 0 Å². The van der Waals surface area contributed by atoms with Gasteiger partial charge in [-0.05, 0) is 71.7 Å². The number of rotatable bonds is 6. The maximum Gasteiger partial charge on any atom is 0.266 e. The highest BCUT2D eigenvalue weighted by Crippen LogP contribution is 2.31. The Hall–Kier alpha value is -4.43. The largest absolute Gasteiger partial charge is 0.488 e. The Morgan fingerprint density at radius 2 is 1.79 bits per heavy atom. The molecule has 4 nitrogen and oxygen atoms in total. The summed E-state index contributed by atoms with van der Waals surface area (Å²) in [5.74, 6) is -0.282. The zero-order chi connectivity index (χ0) is 24.1. The van der Waals surface area contributed by atoms with Crippen LogP contribution in [0, 0.1) is 31.0 Å². The highest BCUT2D eigenvalue weighted by Gasteiger charge is 2.15. The normalized spacial score (nSPS) is 11.2. The smallest absolute Gasteiger partial charge is 0.266 e. The minimum absolute atomic E-state index is 0.0381. The molecule has 0 unspecified atom stereocenters. The highest BCUT2D eigenvalue weighted by atomic mass is 19.1. The molecular formula is C29H23FN2O2. The van der Waals surface area contributed by atoms with Crippen LogP contribution < -0.4 is 10.1 Å². The number of carbonyl (C=O) groups is 1. The molecule has 0 aliphatic heterocycles. The van der Waals surface area contributed by atoms with Gasteiger partial charge in [0, 0.05) is 11.3 Å². The molecule has 0 atom stereocenters. The number of ether oxygens (including phenoxy) is 1. The van der Waals surface area contributed by atoms with E-state index >= 15 is 0 Å². The third-order valence-electron chi connectivity index (χ3n) is 5.53. The van der Waals surface area contributed by atoms with Gasteiger partial charge in [0.15, 0.2) is 0 Å². The lowest BCUT2D eigenvalue weighted by Crippen LogP contribution is -2.14. The number of halogens is 1. The molecule has 0 fully saturated rings. The van der Waals surface area contributed by atoms with Crippen LogP contribution in [0.5, 0.6) is 5.75 Å². The van der Waals surface area contributed by atoms with Gasteiger partial charge in [-0.25, -0.2) is 4.39 Å². The van der Waals surface area contributed by atoms with Crippen molar-refractivity contribution in [1.29, 1.82) is 5.26 Å². The standard InChI is InChI=1S/C29H23FN2O2/c1-19-7-8-20(2)27(15-19)32-29(33)23(17-31)16-26-25-6-4-3-5-22(25)11-14-28(26)34-18-21-9-12-24(30)13-10-21/h3-16H,18H2,1-2H3,(H,32,33)/b23-16+. The van der Waals surface area contributed by atoms with Crippen LogP contribution in [0.25, 0.3) is 16.8 Å². The van der Waals surface area contributed by atoms with Crippen molar-refractivity contribution in [2.45, 2.75) is 20.5 Å². The predicted octanol–water partition coefficient (Wildman–Crippen LogP) is 6.72. The monoisotopic (exact) mass is 450 g/mol. The van der Waals surface area contributed by atoms with E-state index in [-0.39, 0.29) is 18.0 Å². The topological polar surface area (TPSA) is 62.1 Å². The van der Waals surface area contributed by atoms with Gasteiger partial charge in [-0.1, -0.05) is 54.6 Å². The second-order valence-electron chi connectivity index (χ2n) is 8.06. The third-order valence-corrected chi connectivity index (χ3v) is 5.53. The number of anilines is 1. The molecule has 168 valence electrons. The van der Waals surface area contributed by atoms with Gasteiger partial charge in [-0.15, -0.1) is 0 Å². The Bertz CT molecular complexity index is 1430. The minimum atomic E-state index is -0.492. The fourth-order valence-electron chi connectivity index (χ4n) is 3.65. The molecule has 0 radical (unpaired) electrons. The molecule has 34 heavy (non-hydrogen) atoms. The minimum Gasteiger partial charge on any atom is -0.488 e. The Labute approximate surface area is 197 Å². The summed E-state index contributed by atoms with van der Waals surface area (Å²) >= 11 is 0. The Morgan fingerprint density at radius 3 is 2.56 bits per heavy atom. The van der Waals surface area contributed by atoms with Gasteiger partial charge in [0.1, 0.15) is 29.8 Å². The predicted molar refractivity (Wildman–Crippen MR) is 133 cm³/mol. The fraction of sp³-hybridized carbons (Fsp3) is 0.103. The first-order valence-corrected chi connectivity index (χ1v) is 10.8. The summed E-state index contributed by atoms with van der Waals surface area (Å²) in [5, 5.41) is 14.5. The van der Waals surface area contributed by atoms with E-state index in [0.29, 0.717) is 17.0 Å². The molecule has 4 rings (SSSR count). The SMILES string of the molecule is Cc1ccc(C)c(NC(=O)/C(C#N)=C/c2c(OCc3ccc(F)cc3)ccc3ccccc23)c1. The lowest BCUT2D eigenvalue weighted by atomic mass is 10.0. The van der Waals surface area contributed by atoms with Crippen molar-refractivity contribution in [3.05, 3.63) is 113 Å². The van der Waals surface area contributed by atoms with Crippen molar-refractivity contribution in [3.8, 4) is 11.8 Å². The quantitative estimate of drug-likeness (QED) is 0.262. The number of benzene rings is 4. The number of carbonyl (C=O) groups excluding carboxylic acids is 1. The Morgan fingerprint density at radius 1 is 1.03 bits per heavy atom. The van der Waals surface area contributed by atoms with E-state index in [4.69, 9.17) is 4.74 Å². The van der Waals surface area contributed by atoms with Crippen molar-refractivity contribution >= 4 is 28.4 Å². The van der Waals surface area contributed by atoms with Gasteiger partial charge >= 0.3 is 0 Å². The van der Waals surface area contributed by atoms with Crippen LogP contribution in [0.15, 0.2) is 84.4 Å². The molecule has 0 heterocycles. The zero-order valence-electron chi connectivity index (χ0n) is 18.9. The lowest BCUT2D eigenvalue weighted by molar-refractivity contribution is -0.112. The number of nitriles is 1. The number of nitrogens with one attached hydrogen (secondary N) is 1. The summed E-state index contributed by atoms with van der Waals surface area (Å²) in [6.07, 6.45) is 1.56. The van der Waals surface area contributed by atoms with Gasteiger partial charge in [-0.3, -0.25) is 4.79 Å². The van der Waals surface area contributed by atoms with E-state index < -0.39 is 5.91 Å². The number of amides is 1. The van der Waals surface area contributed by atoms with Gasteiger partial charge in [0.25, 0.3) is 5.91 Å². The molecule has 1 N–H and O–H groups in total. The number of hydrogen-bond donors (Lipinski definition) is 1. The van der Waals surface area contributed by atoms with Crippen molar-refractivity contribution in [1.82, 2.24) is 0 Å². The lowest BCUT2D eigenvalue weighted by Gasteiger charge is -2.13. The van der Waals surface area contributed by atoms with Crippen LogP contribution in [-0.2, 0) is 11.4 Å². The van der Waals surface area contributed by atoms with Gasteiger partial charge in [-0.2, -0.15) is 5.26 Å². The molecule has 0 aromatic heterocycles. The van der Waals surface area contributed by atoms with Crippen molar-refractivity contribution in [2.24, 2.45) is 0 Å². The van der Waals surface area contributed by atoms with Crippen LogP contribution in [0.4, 0.5) is 10.1 Å². The molecular weight excluding hydrogens is 427 g/mol. The van der Waals surface area contributed by atoms with Crippen molar-refractivity contribution < 1.29 is 13.9 Å². The Kier molecular flexibility index (Phi) is 6.70. The van der Waals surface area contributed by atoms with Crippen molar-refractivity contribution in [2.75, 3.05) is 5.32 Å². The molecule has 1 amide bonds. The number of nitrogens with zero attached hydrogens (tertiary/aromatic N) is 1. The summed E-state index contributed by atoms with van der Waals surface area (Å²) in [5.41, 5.74) is 3.98. The molecule has 5 heteroatoms. The van der Waals surface area contributed by atoms with Gasteiger partial charge < -0.3 is 10.1 Å². The molecule has 4 aromatic rings. The average Bonchev–Trinajstić information content (AvgIpc) is 2.84. The molecule has 0 spiro atoms. The molecule has 0 bridgehead atoms. The van der Waals surface area contributed by atoms with Crippen LogP contribution in [0.2, 0.25) is 0 Å². The van der Waals surface area contributed by atoms with E-state index in [0.717, 1.165) is 27.5 Å². The van der Waals surface area contributed by atoms with E-state index in [1.54, 1.807) is 18.2 Å². The summed E-state index contributed by atoms with van der Waals surface area (Å²) in [7, 11) is 0. The molecule has 0 saturated heterocycles. The van der Waals surface area contributed by atoms with Gasteiger partial charge in [0.05, 0.1) is 0 Å². The number of hydrogen-bond acceptors (Lipinski definition) is 3. The van der Waals surface area contributed by atoms with Crippen molar-refractivity contribution in [3.63, 3.8) is 0 Å². The summed E-state index contributed by atoms with van der Waals surface area (Å²) < 4.78 is 19.3. The second kappa shape index (κ2) is 10.0. The van der Waals surface area contributed by atoms with Crippen LogP contribution in [0.1, 0.15) is 22.3 Å². The molecule has 0 aliphatic rings. The zero-order valence-corrected chi connectivity index (χ0v) is 18.9. The molecule has 0 saturated carbocycles. The summed E-state index contributed by atoms with van der Waals surface area (Å²) in [6, 6.07) is 25.3. The fourth-order valence-corrected chi connectivity index (χ4v) is 3.65. The highest BCUT2D eigenvalue weighted by molar-refractivity contribution is 6.11. The number of fused-ring (bicyclic) bond motifs is 1. The Balaban J connectivity index is 1.70. The maximum atomic E-state index is 13.2. The first-order valence-electron chi connectivity index (χ1n) is 10.8. The van der Waals surface area contributed by atoms with Gasteiger partial charge in [0.2, 0.25) is 0 Å². The molecule has 4 aromatic carbocycles. The van der Waals surface area contributed by atoms with E-state index in [1.165, 1.54) is 12.1 Å². The first-order chi connectivity index (χ1) is 16.4. The average molecular weight is 451 g/mol. The summed E-state index contributed by atoms with van der Waals surface area (Å²) in [6.45, 7) is 4.06.